The van der Waals surface area contributed by atoms with E-state index in [-0.39, 0.29) is 42.3 Å². The van der Waals surface area contributed by atoms with Crippen molar-refractivity contribution in [3.8, 4) is 0 Å². The van der Waals surface area contributed by atoms with Crippen LogP contribution in [0.2, 0.25) is 0 Å². The molecule has 1 aliphatic rings. The summed E-state index contributed by atoms with van der Waals surface area (Å²) in [6.07, 6.45) is 4.28. The maximum absolute atomic E-state index is 11.7. The van der Waals surface area contributed by atoms with Gasteiger partial charge >= 0.3 is 0 Å². The maximum atomic E-state index is 11.7. The van der Waals surface area contributed by atoms with Crippen molar-refractivity contribution in [3.05, 3.63) is 0 Å². The summed E-state index contributed by atoms with van der Waals surface area (Å²) in [6, 6.07) is -0.0671. The van der Waals surface area contributed by atoms with Gasteiger partial charge in [-0.05, 0) is 46.1 Å². The highest BCUT2D eigenvalue weighted by atomic mass is 35.5. The van der Waals surface area contributed by atoms with E-state index < -0.39 is 0 Å². The molecule has 128 valence electrons. The zero-order valence-corrected chi connectivity index (χ0v) is 15.5. The highest BCUT2D eigenvalue weighted by Crippen LogP contribution is 2.25. The summed E-state index contributed by atoms with van der Waals surface area (Å²) in [5, 5.41) is 3.02. The molecule has 0 aliphatic carbocycles. The molecule has 6 heteroatoms. The van der Waals surface area contributed by atoms with Crippen LogP contribution in [0.15, 0.2) is 0 Å². The molecule has 1 aliphatic heterocycles. The van der Waals surface area contributed by atoms with Crippen LogP contribution in [-0.4, -0.2) is 42.0 Å². The van der Waals surface area contributed by atoms with Crippen molar-refractivity contribution in [2.75, 3.05) is 19.6 Å². The highest BCUT2D eigenvalue weighted by Gasteiger charge is 2.31. The molecule has 4 nitrogen and oxygen atoms in total. The smallest absolute Gasteiger partial charge is 0.221 e. The number of hydrogen-bond acceptors (Lipinski definition) is 3. The SMILES string of the molecule is CCC1CCCN(C(C)(C)CNC(=O)CC(C)N)C1.Cl.Cl. The van der Waals surface area contributed by atoms with Gasteiger partial charge in [-0.2, -0.15) is 0 Å². The molecular weight excluding hydrogens is 309 g/mol. The van der Waals surface area contributed by atoms with Crippen LogP contribution < -0.4 is 11.1 Å². The molecular formula is C15H33Cl2N3O. The van der Waals surface area contributed by atoms with Gasteiger partial charge in [-0.1, -0.05) is 13.3 Å². The minimum Gasteiger partial charge on any atom is -0.354 e. The van der Waals surface area contributed by atoms with Gasteiger partial charge in [0.2, 0.25) is 5.91 Å². The van der Waals surface area contributed by atoms with Gasteiger partial charge < -0.3 is 11.1 Å². The molecule has 0 spiro atoms. The van der Waals surface area contributed by atoms with Crippen molar-refractivity contribution in [2.45, 2.75) is 65.0 Å². The standard InChI is InChI=1S/C15H31N3O.2ClH/c1-5-13-7-6-8-18(10-13)15(3,4)11-17-14(19)9-12(2)16;;/h12-13H,5-11,16H2,1-4H3,(H,17,19);2*1H. The van der Waals surface area contributed by atoms with Crippen LogP contribution in [0.1, 0.15) is 53.4 Å². The molecule has 0 bridgehead atoms. The molecule has 1 heterocycles. The first-order chi connectivity index (χ1) is 8.85. The van der Waals surface area contributed by atoms with Crippen LogP contribution in [0.3, 0.4) is 0 Å². The van der Waals surface area contributed by atoms with Gasteiger partial charge in [0.15, 0.2) is 0 Å². The van der Waals surface area contributed by atoms with Crippen LogP contribution in [0.25, 0.3) is 0 Å². The minimum absolute atomic E-state index is 0. The van der Waals surface area contributed by atoms with Gasteiger partial charge in [0, 0.05) is 31.1 Å². The lowest BCUT2D eigenvalue weighted by atomic mass is 9.91. The number of nitrogens with zero attached hydrogens (tertiary/aromatic N) is 1. The molecule has 2 unspecified atom stereocenters. The van der Waals surface area contributed by atoms with Gasteiger partial charge in [0.1, 0.15) is 0 Å². The Balaban J connectivity index is 0. The highest BCUT2D eigenvalue weighted by molar-refractivity contribution is 5.85. The van der Waals surface area contributed by atoms with Crippen molar-refractivity contribution in [2.24, 2.45) is 11.7 Å². The summed E-state index contributed by atoms with van der Waals surface area (Å²) in [4.78, 5) is 14.2. The number of nitrogens with one attached hydrogen (secondary N) is 1. The van der Waals surface area contributed by atoms with Crippen molar-refractivity contribution in [3.63, 3.8) is 0 Å². The van der Waals surface area contributed by atoms with Crippen molar-refractivity contribution < 1.29 is 4.79 Å². The molecule has 1 amide bonds. The zero-order valence-electron chi connectivity index (χ0n) is 13.9. The van der Waals surface area contributed by atoms with E-state index in [4.69, 9.17) is 5.73 Å². The molecule has 1 rings (SSSR count). The Morgan fingerprint density at radius 2 is 2.05 bits per heavy atom. The molecule has 0 aromatic heterocycles. The first-order valence-corrected chi connectivity index (χ1v) is 7.62. The quantitative estimate of drug-likeness (QED) is 0.780. The Bertz CT molecular complexity index is 299. The number of carbonyl (C=O) groups excluding carboxylic acids is 1. The third kappa shape index (κ3) is 8.24. The van der Waals surface area contributed by atoms with Gasteiger partial charge in [-0.25, -0.2) is 0 Å². The fourth-order valence-electron chi connectivity index (χ4n) is 2.74. The van der Waals surface area contributed by atoms with Crippen LogP contribution in [0.4, 0.5) is 0 Å². The number of piperidine rings is 1. The topological polar surface area (TPSA) is 58.4 Å². The number of rotatable bonds is 6. The fraction of sp³-hybridized carbons (Fsp3) is 0.933. The molecule has 1 fully saturated rings. The van der Waals surface area contributed by atoms with E-state index in [0.717, 1.165) is 19.0 Å². The first-order valence-electron chi connectivity index (χ1n) is 7.62. The lowest BCUT2D eigenvalue weighted by molar-refractivity contribution is -0.122. The second-order valence-electron chi connectivity index (χ2n) is 6.63. The van der Waals surface area contributed by atoms with Crippen LogP contribution in [-0.2, 0) is 4.79 Å². The van der Waals surface area contributed by atoms with E-state index in [2.05, 4.69) is 31.0 Å². The van der Waals surface area contributed by atoms with E-state index in [1.54, 1.807) is 0 Å². The summed E-state index contributed by atoms with van der Waals surface area (Å²) >= 11 is 0. The van der Waals surface area contributed by atoms with E-state index in [1.165, 1.54) is 19.3 Å². The predicted molar refractivity (Wildman–Crippen MR) is 94.4 cm³/mol. The lowest BCUT2D eigenvalue weighted by Crippen LogP contribution is -2.55. The van der Waals surface area contributed by atoms with E-state index in [9.17, 15) is 4.79 Å². The van der Waals surface area contributed by atoms with Crippen LogP contribution in [0.5, 0.6) is 0 Å². The molecule has 0 aromatic rings. The molecule has 2 atom stereocenters. The van der Waals surface area contributed by atoms with Gasteiger partial charge in [0.25, 0.3) is 0 Å². The third-order valence-corrected chi connectivity index (χ3v) is 4.18. The Labute approximate surface area is 142 Å². The average molecular weight is 342 g/mol. The van der Waals surface area contributed by atoms with Crippen molar-refractivity contribution in [1.29, 1.82) is 0 Å². The van der Waals surface area contributed by atoms with Gasteiger partial charge in [-0.15, -0.1) is 24.8 Å². The molecule has 21 heavy (non-hydrogen) atoms. The van der Waals surface area contributed by atoms with Gasteiger partial charge in [0.05, 0.1) is 0 Å². The second-order valence-corrected chi connectivity index (χ2v) is 6.63. The normalized spacial score (nSPS) is 20.9. The third-order valence-electron chi connectivity index (χ3n) is 4.18. The maximum Gasteiger partial charge on any atom is 0.221 e. The Hall–Kier alpha value is -0.0300. The average Bonchev–Trinajstić information content (AvgIpc) is 2.36. The number of halogens is 2. The summed E-state index contributed by atoms with van der Waals surface area (Å²) in [5.41, 5.74) is 5.67. The Kier molecular flexibility index (Phi) is 11.8. The number of hydrogen-bond donors (Lipinski definition) is 2. The monoisotopic (exact) mass is 341 g/mol. The van der Waals surface area contributed by atoms with Crippen molar-refractivity contribution >= 4 is 30.7 Å². The van der Waals surface area contributed by atoms with E-state index in [1.807, 2.05) is 6.92 Å². The summed E-state index contributed by atoms with van der Waals surface area (Å²) in [6.45, 7) is 11.6. The molecule has 3 N–H and O–H groups in total. The van der Waals surface area contributed by atoms with Crippen LogP contribution >= 0.6 is 24.8 Å². The minimum atomic E-state index is -0.0671. The molecule has 0 saturated carbocycles. The fourth-order valence-corrected chi connectivity index (χ4v) is 2.74. The molecule has 1 saturated heterocycles. The van der Waals surface area contributed by atoms with Crippen molar-refractivity contribution in [1.82, 2.24) is 10.2 Å². The summed E-state index contributed by atoms with van der Waals surface area (Å²) < 4.78 is 0. The second kappa shape index (κ2) is 10.7. The Morgan fingerprint density at radius 3 is 2.57 bits per heavy atom. The number of amides is 1. The Morgan fingerprint density at radius 1 is 1.43 bits per heavy atom. The largest absolute Gasteiger partial charge is 0.354 e. The zero-order chi connectivity index (χ0) is 14.5. The van der Waals surface area contributed by atoms with E-state index >= 15 is 0 Å². The number of carbonyl (C=O) groups is 1. The first kappa shape index (κ1) is 23.2. The van der Waals surface area contributed by atoms with Gasteiger partial charge in [-0.3, -0.25) is 9.69 Å². The lowest BCUT2D eigenvalue weighted by Gasteiger charge is -2.43. The summed E-state index contributed by atoms with van der Waals surface area (Å²) in [5.74, 6) is 0.875. The summed E-state index contributed by atoms with van der Waals surface area (Å²) in [7, 11) is 0. The molecule has 0 aromatic carbocycles. The number of likely N-dealkylation sites (tertiary alicyclic amines) is 1. The van der Waals surface area contributed by atoms with Crippen LogP contribution in [0, 0.1) is 5.92 Å². The van der Waals surface area contributed by atoms with E-state index in [0.29, 0.717) is 13.0 Å². The predicted octanol–water partition coefficient (Wildman–Crippen LogP) is 2.58. The number of nitrogens with two attached hydrogens (primary N) is 1. The molecule has 0 radical (unpaired) electrons.